The number of rotatable bonds is 6. The number of hydrogen-bond donors (Lipinski definition) is 1. The molecule has 0 radical (unpaired) electrons. The SMILES string of the molecule is CCCC(C)NC(=O)COc1ccc(F)c(Br)c1. The average molecular weight is 318 g/mol. The molecule has 0 fully saturated rings. The Morgan fingerprint density at radius 1 is 1.56 bits per heavy atom. The third-order valence-corrected chi connectivity index (χ3v) is 3.00. The Morgan fingerprint density at radius 3 is 2.89 bits per heavy atom. The second kappa shape index (κ2) is 7.36. The van der Waals surface area contributed by atoms with E-state index in [4.69, 9.17) is 4.74 Å². The molecule has 0 spiro atoms. The number of halogens is 2. The minimum Gasteiger partial charge on any atom is -0.484 e. The highest BCUT2D eigenvalue weighted by Crippen LogP contribution is 2.21. The molecular weight excluding hydrogens is 301 g/mol. The molecule has 1 rings (SSSR count). The number of benzene rings is 1. The molecule has 3 nitrogen and oxygen atoms in total. The molecule has 0 heterocycles. The van der Waals surface area contributed by atoms with Crippen LogP contribution in [0.2, 0.25) is 0 Å². The molecule has 100 valence electrons. The van der Waals surface area contributed by atoms with Gasteiger partial charge in [-0.25, -0.2) is 4.39 Å². The first-order valence-corrected chi connectivity index (χ1v) is 6.69. The maximum atomic E-state index is 13.0. The highest BCUT2D eigenvalue weighted by atomic mass is 79.9. The van der Waals surface area contributed by atoms with Gasteiger partial charge >= 0.3 is 0 Å². The van der Waals surface area contributed by atoms with Crippen molar-refractivity contribution in [3.05, 3.63) is 28.5 Å². The van der Waals surface area contributed by atoms with E-state index in [9.17, 15) is 9.18 Å². The number of amides is 1. The average Bonchev–Trinajstić information content (AvgIpc) is 2.31. The summed E-state index contributed by atoms with van der Waals surface area (Å²) in [7, 11) is 0. The fraction of sp³-hybridized carbons (Fsp3) is 0.462. The van der Waals surface area contributed by atoms with E-state index in [0.29, 0.717) is 10.2 Å². The van der Waals surface area contributed by atoms with Crippen molar-refractivity contribution in [3.63, 3.8) is 0 Å². The van der Waals surface area contributed by atoms with Crippen molar-refractivity contribution in [2.45, 2.75) is 32.7 Å². The van der Waals surface area contributed by atoms with E-state index in [2.05, 4.69) is 28.2 Å². The van der Waals surface area contributed by atoms with Crippen LogP contribution in [0.3, 0.4) is 0 Å². The van der Waals surface area contributed by atoms with E-state index in [1.165, 1.54) is 18.2 Å². The smallest absolute Gasteiger partial charge is 0.258 e. The van der Waals surface area contributed by atoms with Crippen LogP contribution < -0.4 is 10.1 Å². The minimum absolute atomic E-state index is 0.0634. The lowest BCUT2D eigenvalue weighted by molar-refractivity contribution is -0.123. The van der Waals surface area contributed by atoms with Gasteiger partial charge < -0.3 is 10.1 Å². The zero-order valence-corrected chi connectivity index (χ0v) is 12.1. The second-order valence-electron chi connectivity index (χ2n) is 4.12. The van der Waals surface area contributed by atoms with Gasteiger partial charge in [0.2, 0.25) is 0 Å². The normalized spacial score (nSPS) is 12.0. The molecule has 1 aromatic rings. The summed E-state index contributed by atoms with van der Waals surface area (Å²) in [4.78, 5) is 11.5. The second-order valence-corrected chi connectivity index (χ2v) is 4.98. The molecule has 1 N–H and O–H groups in total. The Balaban J connectivity index is 2.40. The van der Waals surface area contributed by atoms with Gasteiger partial charge in [0.1, 0.15) is 11.6 Å². The lowest BCUT2D eigenvalue weighted by atomic mass is 10.2. The maximum Gasteiger partial charge on any atom is 0.258 e. The van der Waals surface area contributed by atoms with Crippen molar-refractivity contribution in [2.24, 2.45) is 0 Å². The molecule has 18 heavy (non-hydrogen) atoms. The molecule has 0 saturated heterocycles. The third-order valence-electron chi connectivity index (χ3n) is 2.39. The molecule has 0 aliphatic rings. The summed E-state index contributed by atoms with van der Waals surface area (Å²) in [5.74, 6) is -0.0682. The largest absolute Gasteiger partial charge is 0.484 e. The summed E-state index contributed by atoms with van der Waals surface area (Å²) in [5.41, 5.74) is 0. The predicted molar refractivity (Wildman–Crippen MR) is 72.1 cm³/mol. The Morgan fingerprint density at radius 2 is 2.28 bits per heavy atom. The van der Waals surface area contributed by atoms with Crippen LogP contribution in [0.5, 0.6) is 5.75 Å². The van der Waals surface area contributed by atoms with Gasteiger partial charge in [0.15, 0.2) is 6.61 Å². The first-order valence-electron chi connectivity index (χ1n) is 5.90. The van der Waals surface area contributed by atoms with Crippen molar-refractivity contribution in [1.29, 1.82) is 0 Å². The van der Waals surface area contributed by atoms with Crippen LogP contribution in [0.25, 0.3) is 0 Å². The molecule has 1 unspecified atom stereocenters. The van der Waals surface area contributed by atoms with Crippen LogP contribution in [-0.4, -0.2) is 18.6 Å². The van der Waals surface area contributed by atoms with Gasteiger partial charge in [0.25, 0.3) is 5.91 Å². The van der Waals surface area contributed by atoms with E-state index < -0.39 is 0 Å². The molecule has 0 saturated carbocycles. The highest BCUT2D eigenvalue weighted by molar-refractivity contribution is 9.10. The van der Waals surface area contributed by atoms with Crippen molar-refractivity contribution >= 4 is 21.8 Å². The van der Waals surface area contributed by atoms with E-state index in [1.807, 2.05) is 6.92 Å². The van der Waals surface area contributed by atoms with E-state index >= 15 is 0 Å². The predicted octanol–water partition coefficient (Wildman–Crippen LogP) is 3.27. The van der Waals surface area contributed by atoms with Crippen molar-refractivity contribution < 1.29 is 13.9 Å². The van der Waals surface area contributed by atoms with E-state index in [-0.39, 0.29) is 24.4 Å². The number of ether oxygens (including phenoxy) is 1. The lowest BCUT2D eigenvalue weighted by Crippen LogP contribution is -2.35. The Kier molecular flexibility index (Phi) is 6.12. The molecule has 0 aliphatic heterocycles. The molecule has 5 heteroatoms. The first kappa shape index (κ1) is 15.0. The van der Waals surface area contributed by atoms with Gasteiger partial charge in [0.05, 0.1) is 4.47 Å². The molecule has 0 aromatic heterocycles. The van der Waals surface area contributed by atoms with Gasteiger partial charge in [-0.3, -0.25) is 4.79 Å². The van der Waals surface area contributed by atoms with Crippen molar-refractivity contribution in [2.75, 3.05) is 6.61 Å². The standard InChI is InChI=1S/C13H17BrFNO2/c1-3-4-9(2)16-13(17)8-18-10-5-6-12(15)11(14)7-10/h5-7,9H,3-4,8H2,1-2H3,(H,16,17). The van der Waals surface area contributed by atoms with E-state index in [0.717, 1.165) is 12.8 Å². The maximum absolute atomic E-state index is 13.0. The van der Waals surface area contributed by atoms with Gasteiger partial charge in [-0.1, -0.05) is 13.3 Å². The molecule has 1 aromatic carbocycles. The van der Waals surface area contributed by atoms with Gasteiger partial charge in [-0.05, 0) is 47.5 Å². The number of nitrogens with one attached hydrogen (secondary N) is 1. The Hall–Kier alpha value is -1.10. The quantitative estimate of drug-likeness (QED) is 0.874. The van der Waals surface area contributed by atoms with Crippen LogP contribution in [0.15, 0.2) is 22.7 Å². The fourth-order valence-electron chi connectivity index (χ4n) is 1.54. The zero-order chi connectivity index (χ0) is 13.5. The molecular formula is C13H17BrFNO2. The number of hydrogen-bond acceptors (Lipinski definition) is 2. The van der Waals surface area contributed by atoms with Crippen molar-refractivity contribution in [1.82, 2.24) is 5.32 Å². The topological polar surface area (TPSA) is 38.3 Å². The van der Waals surface area contributed by atoms with E-state index in [1.54, 1.807) is 0 Å². The monoisotopic (exact) mass is 317 g/mol. The Labute approximate surface area is 115 Å². The van der Waals surface area contributed by atoms with Gasteiger partial charge in [-0.2, -0.15) is 0 Å². The van der Waals surface area contributed by atoms with Crippen LogP contribution in [-0.2, 0) is 4.79 Å². The lowest BCUT2D eigenvalue weighted by Gasteiger charge is -2.13. The van der Waals surface area contributed by atoms with Crippen molar-refractivity contribution in [3.8, 4) is 5.75 Å². The summed E-state index contributed by atoms with van der Waals surface area (Å²) >= 11 is 3.06. The third kappa shape index (κ3) is 5.04. The molecule has 0 bridgehead atoms. The highest BCUT2D eigenvalue weighted by Gasteiger charge is 2.08. The van der Waals surface area contributed by atoms with Gasteiger partial charge in [0, 0.05) is 6.04 Å². The summed E-state index contributed by atoms with van der Waals surface area (Å²) in [6.45, 7) is 3.96. The summed E-state index contributed by atoms with van der Waals surface area (Å²) in [5, 5.41) is 2.83. The summed E-state index contributed by atoms with van der Waals surface area (Å²) in [6.07, 6.45) is 1.96. The Bertz CT molecular complexity index is 412. The molecule has 1 amide bonds. The minimum atomic E-state index is -0.358. The number of carbonyl (C=O) groups excluding carboxylic acids is 1. The van der Waals surface area contributed by atoms with Crippen LogP contribution in [0, 0.1) is 5.82 Å². The van der Waals surface area contributed by atoms with Crippen LogP contribution >= 0.6 is 15.9 Å². The van der Waals surface area contributed by atoms with Crippen LogP contribution in [0.1, 0.15) is 26.7 Å². The fourth-order valence-corrected chi connectivity index (χ4v) is 1.89. The first-order chi connectivity index (χ1) is 8.52. The van der Waals surface area contributed by atoms with Gasteiger partial charge in [-0.15, -0.1) is 0 Å². The summed E-state index contributed by atoms with van der Waals surface area (Å²) in [6, 6.07) is 4.42. The number of carbonyl (C=O) groups is 1. The zero-order valence-electron chi connectivity index (χ0n) is 10.5. The molecule has 0 aliphatic carbocycles. The van der Waals surface area contributed by atoms with Crippen LogP contribution in [0.4, 0.5) is 4.39 Å². The molecule has 1 atom stereocenters. The summed E-state index contributed by atoms with van der Waals surface area (Å²) < 4.78 is 18.6.